The maximum Gasteiger partial charge on any atom is 0.320 e. The first-order chi connectivity index (χ1) is 5.04. The zero-order valence-corrected chi connectivity index (χ0v) is 5.73. The second-order valence-corrected chi connectivity index (χ2v) is 2.71. The van der Waals surface area contributed by atoms with E-state index in [-0.39, 0.29) is 5.92 Å². The molecule has 11 heavy (non-hydrogen) atoms. The second-order valence-electron chi connectivity index (χ2n) is 2.71. The summed E-state index contributed by atoms with van der Waals surface area (Å²) >= 11 is 0. The smallest absolute Gasteiger partial charge is 0.320 e. The summed E-state index contributed by atoms with van der Waals surface area (Å²) in [4.78, 5) is 20.5. The molecule has 1 rings (SSSR count). The average molecular weight is 159 g/mol. The largest absolute Gasteiger partial charge is 0.481 e. The lowest BCUT2D eigenvalue weighted by Gasteiger charge is -2.01. The predicted octanol–water partition coefficient (Wildman–Crippen LogP) is -0.881. The van der Waals surface area contributed by atoms with E-state index < -0.39 is 23.9 Å². The van der Waals surface area contributed by atoms with E-state index >= 15 is 0 Å². The molecule has 0 heterocycles. The third kappa shape index (κ3) is 1.48. The number of hydrogen-bond acceptors (Lipinski definition) is 3. The van der Waals surface area contributed by atoms with Crippen LogP contribution in [0.1, 0.15) is 6.42 Å². The van der Waals surface area contributed by atoms with Gasteiger partial charge in [0.2, 0.25) is 0 Å². The van der Waals surface area contributed by atoms with E-state index in [0.717, 1.165) is 0 Å². The summed E-state index contributed by atoms with van der Waals surface area (Å²) in [7, 11) is 0. The van der Waals surface area contributed by atoms with Crippen LogP contribution >= 0.6 is 0 Å². The number of rotatable bonds is 3. The van der Waals surface area contributed by atoms with Crippen molar-refractivity contribution < 1.29 is 19.8 Å². The molecular formula is C6H9NO4. The molecule has 0 aromatic rings. The number of carbonyl (C=O) groups is 2. The minimum absolute atomic E-state index is 0.370. The van der Waals surface area contributed by atoms with Crippen LogP contribution in [-0.2, 0) is 9.59 Å². The molecule has 0 aliphatic heterocycles. The van der Waals surface area contributed by atoms with Gasteiger partial charge in [-0.2, -0.15) is 0 Å². The van der Waals surface area contributed by atoms with Crippen LogP contribution in [0.15, 0.2) is 0 Å². The number of nitrogens with two attached hydrogens (primary N) is 1. The molecule has 1 fully saturated rings. The molecule has 62 valence electrons. The van der Waals surface area contributed by atoms with Gasteiger partial charge in [-0.05, 0) is 12.3 Å². The Morgan fingerprint density at radius 1 is 1.45 bits per heavy atom. The number of carboxylic acid groups (broad SMARTS) is 2. The molecule has 4 N–H and O–H groups in total. The van der Waals surface area contributed by atoms with Gasteiger partial charge in [-0.25, -0.2) is 0 Å². The van der Waals surface area contributed by atoms with Gasteiger partial charge in [-0.3, -0.25) is 9.59 Å². The quantitative estimate of drug-likeness (QED) is 0.496. The first-order valence-electron chi connectivity index (χ1n) is 3.25. The van der Waals surface area contributed by atoms with Crippen molar-refractivity contribution in [3.8, 4) is 0 Å². The molecule has 0 bridgehead atoms. The highest BCUT2D eigenvalue weighted by Crippen LogP contribution is 2.40. The van der Waals surface area contributed by atoms with E-state index in [2.05, 4.69) is 0 Å². The summed E-state index contributed by atoms with van der Waals surface area (Å²) in [6.45, 7) is 0. The van der Waals surface area contributed by atoms with Crippen molar-refractivity contribution >= 4 is 11.9 Å². The molecular weight excluding hydrogens is 150 g/mol. The van der Waals surface area contributed by atoms with Gasteiger partial charge in [0.25, 0.3) is 0 Å². The number of carboxylic acids is 2. The van der Waals surface area contributed by atoms with Crippen LogP contribution in [0.5, 0.6) is 0 Å². The van der Waals surface area contributed by atoms with Gasteiger partial charge in [0, 0.05) is 0 Å². The minimum atomic E-state index is -1.13. The zero-order valence-electron chi connectivity index (χ0n) is 5.73. The highest BCUT2D eigenvalue weighted by Gasteiger charge is 2.49. The maximum absolute atomic E-state index is 10.3. The van der Waals surface area contributed by atoms with Crippen LogP contribution in [-0.4, -0.2) is 28.2 Å². The highest BCUT2D eigenvalue weighted by atomic mass is 16.4. The van der Waals surface area contributed by atoms with Crippen LogP contribution in [0.2, 0.25) is 0 Å². The molecule has 0 radical (unpaired) electrons. The topological polar surface area (TPSA) is 101 Å². The molecule has 0 spiro atoms. The molecule has 1 aliphatic carbocycles. The fourth-order valence-corrected chi connectivity index (χ4v) is 1.08. The number of aliphatic carboxylic acids is 2. The molecule has 5 heteroatoms. The van der Waals surface area contributed by atoms with Crippen LogP contribution < -0.4 is 5.73 Å². The second kappa shape index (κ2) is 2.50. The lowest BCUT2D eigenvalue weighted by molar-refractivity contribution is -0.140. The maximum atomic E-state index is 10.3. The summed E-state index contributed by atoms with van der Waals surface area (Å²) in [6.07, 6.45) is 0.392. The normalized spacial score (nSPS) is 31.0. The van der Waals surface area contributed by atoms with Crippen LogP contribution in [0.25, 0.3) is 0 Å². The average Bonchev–Trinajstić information content (AvgIpc) is 2.63. The Balaban J connectivity index is 2.43. The summed E-state index contributed by atoms with van der Waals surface area (Å²) < 4.78 is 0. The van der Waals surface area contributed by atoms with Gasteiger partial charge in [0.05, 0.1) is 5.92 Å². The van der Waals surface area contributed by atoms with E-state index in [4.69, 9.17) is 15.9 Å². The molecule has 1 saturated carbocycles. The van der Waals surface area contributed by atoms with Crippen molar-refractivity contribution in [1.82, 2.24) is 0 Å². The van der Waals surface area contributed by atoms with Crippen LogP contribution in [0, 0.1) is 11.8 Å². The molecule has 0 amide bonds. The zero-order chi connectivity index (χ0) is 8.59. The Morgan fingerprint density at radius 3 is 2.27 bits per heavy atom. The number of hydrogen-bond donors (Lipinski definition) is 3. The van der Waals surface area contributed by atoms with Crippen molar-refractivity contribution in [1.29, 1.82) is 0 Å². The predicted molar refractivity (Wildman–Crippen MR) is 34.8 cm³/mol. The Bertz CT molecular complexity index is 203. The third-order valence-corrected chi connectivity index (χ3v) is 1.90. The van der Waals surface area contributed by atoms with Crippen molar-refractivity contribution in [2.75, 3.05) is 0 Å². The fourth-order valence-electron chi connectivity index (χ4n) is 1.08. The van der Waals surface area contributed by atoms with E-state index in [1.54, 1.807) is 0 Å². The Kier molecular flexibility index (Phi) is 1.82. The molecule has 5 nitrogen and oxygen atoms in total. The molecule has 0 saturated heterocycles. The van der Waals surface area contributed by atoms with E-state index in [9.17, 15) is 9.59 Å². The molecule has 0 aromatic heterocycles. The lowest BCUT2D eigenvalue weighted by atomic mass is 10.1. The molecule has 0 aromatic carbocycles. The Labute approximate surface area is 62.8 Å². The molecule has 1 aliphatic rings. The summed E-state index contributed by atoms with van der Waals surface area (Å²) in [5, 5.41) is 16.8. The minimum Gasteiger partial charge on any atom is -0.481 e. The highest BCUT2D eigenvalue weighted by molar-refractivity contribution is 5.79. The summed E-state index contributed by atoms with van der Waals surface area (Å²) in [5.74, 6) is -2.99. The van der Waals surface area contributed by atoms with E-state index in [1.165, 1.54) is 0 Å². The fraction of sp³-hybridized carbons (Fsp3) is 0.667. The van der Waals surface area contributed by atoms with Crippen molar-refractivity contribution in [2.24, 2.45) is 17.6 Å². The lowest BCUT2D eigenvalue weighted by Crippen LogP contribution is -2.33. The Hall–Kier alpha value is -1.10. The van der Waals surface area contributed by atoms with Gasteiger partial charge in [0.15, 0.2) is 0 Å². The van der Waals surface area contributed by atoms with Gasteiger partial charge in [0.1, 0.15) is 6.04 Å². The first kappa shape index (κ1) is 8.00. The van der Waals surface area contributed by atoms with E-state index in [1.807, 2.05) is 0 Å². The summed E-state index contributed by atoms with van der Waals surface area (Å²) in [6, 6.07) is -1.02. The van der Waals surface area contributed by atoms with Gasteiger partial charge < -0.3 is 15.9 Å². The summed E-state index contributed by atoms with van der Waals surface area (Å²) in [5.41, 5.74) is 5.19. The van der Waals surface area contributed by atoms with Gasteiger partial charge in [-0.15, -0.1) is 0 Å². The first-order valence-corrected chi connectivity index (χ1v) is 3.25. The standard InChI is InChI=1S/C6H9NO4/c7-4(6(10)11)2-1-3(2)5(8)9/h2-4H,1,7H2,(H,8,9)(H,10,11)/t2?,3-,4+/m0/s1. The molecule has 1 unspecified atom stereocenters. The van der Waals surface area contributed by atoms with Gasteiger partial charge in [-0.1, -0.05) is 0 Å². The van der Waals surface area contributed by atoms with E-state index in [0.29, 0.717) is 6.42 Å². The van der Waals surface area contributed by atoms with Crippen molar-refractivity contribution in [3.63, 3.8) is 0 Å². The Morgan fingerprint density at radius 2 is 2.00 bits per heavy atom. The van der Waals surface area contributed by atoms with Crippen molar-refractivity contribution in [2.45, 2.75) is 12.5 Å². The van der Waals surface area contributed by atoms with Crippen molar-refractivity contribution in [3.05, 3.63) is 0 Å². The third-order valence-electron chi connectivity index (χ3n) is 1.90. The SMILES string of the molecule is N[C@@H](C(=O)O)C1C[C@@H]1C(=O)O. The van der Waals surface area contributed by atoms with Crippen LogP contribution in [0.4, 0.5) is 0 Å². The van der Waals surface area contributed by atoms with Crippen LogP contribution in [0.3, 0.4) is 0 Å². The van der Waals surface area contributed by atoms with Gasteiger partial charge >= 0.3 is 11.9 Å². The molecule has 3 atom stereocenters. The monoisotopic (exact) mass is 159 g/mol.